The van der Waals surface area contributed by atoms with Crippen molar-refractivity contribution in [2.75, 3.05) is 13.7 Å². The van der Waals surface area contributed by atoms with E-state index in [2.05, 4.69) is 4.57 Å². The molecule has 0 radical (unpaired) electrons. The van der Waals surface area contributed by atoms with E-state index in [4.69, 9.17) is 9.47 Å². The molecule has 6 aromatic rings. The molecule has 0 aliphatic heterocycles. The Morgan fingerprint density at radius 2 is 1.35 bits per heavy atom. The zero-order valence-electron chi connectivity index (χ0n) is 26.7. The van der Waals surface area contributed by atoms with Crippen molar-refractivity contribution < 1.29 is 34.1 Å². The van der Waals surface area contributed by atoms with Gasteiger partial charge in [-0.3, -0.25) is 30.3 Å². The lowest BCUT2D eigenvalue weighted by molar-refractivity contribution is -0.393. The Hall–Kier alpha value is -6.93. The van der Waals surface area contributed by atoms with Gasteiger partial charge in [0, 0.05) is 51.1 Å². The smallest absolute Gasteiger partial charge is 0.338 e. The molecule has 7 rings (SSSR count). The minimum absolute atomic E-state index is 0.00696. The summed E-state index contributed by atoms with van der Waals surface area (Å²) in [7, 11) is 1.07. The van der Waals surface area contributed by atoms with E-state index in [1.165, 1.54) is 6.07 Å². The third kappa shape index (κ3) is 5.78. The Balaban J connectivity index is 1.22. The Morgan fingerprint density at radius 1 is 0.784 bits per heavy atom. The maximum absolute atomic E-state index is 12.9. The number of nitro groups is 3. The van der Waals surface area contributed by atoms with Gasteiger partial charge in [-0.25, -0.2) is 4.79 Å². The number of esters is 1. The van der Waals surface area contributed by atoms with Gasteiger partial charge in [-0.1, -0.05) is 48.5 Å². The van der Waals surface area contributed by atoms with Crippen molar-refractivity contribution in [1.82, 2.24) is 4.57 Å². The lowest BCUT2D eigenvalue weighted by atomic mass is 9.96. The second-order valence-corrected chi connectivity index (χ2v) is 11.8. The van der Waals surface area contributed by atoms with Crippen LogP contribution in [0.5, 0.6) is 5.75 Å². The maximum atomic E-state index is 12.9. The molecule has 1 atom stereocenters. The van der Waals surface area contributed by atoms with E-state index in [1.54, 1.807) is 30.3 Å². The first-order valence-corrected chi connectivity index (χ1v) is 15.5. The number of non-ortho nitro benzene ring substituents is 2. The molecule has 14 heteroatoms. The highest BCUT2D eigenvalue weighted by Gasteiger charge is 2.38. The Labute approximate surface area is 287 Å². The van der Waals surface area contributed by atoms with Gasteiger partial charge in [0.25, 0.3) is 17.1 Å². The predicted molar refractivity (Wildman–Crippen MR) is 188 cm³/mol. The number of nitro benzene ring substituents is 3. The Kier molecular flexibility index (Phi) is 8.21. The summed E-state index contributed by atoms with van der Waals surface area (Å²) in [6, 6.07) is 26.6. The van der Waals surface area contributed by atoms with Crippen LogP contribution in [0.3, 0.4) is 0 Å². The Bertz CT molecular complexity index is 2420. The summed E-state index contributed by atoms with van der Waals surface area (Å²) < 4.78 is 12.8. The second-order valence-electron chi connectivity index (χ2n) is 11.8. The van der Waals surface area contributed by atoms with E-state index in [0.717, 1.165) is 47.1 Å². The fraction of sp³-hybridized carbons (Fsp3) is 0.108. The standard InChI is InChI=1S/C37H26N4O10/c1-50-37(43)31-17-22(39(44)45)15-29-28(30-16-23(40(46)47)18-34(41(48)49)36(30)35(29)31)14-21-10-12-25(13-11-21)51-20-24(42)19-38-32-8-4-2-6-26(32)27-7-3-5-9-33(27)38/h2-18,24,42H,19-20H2,1H3/b28-14+/t24-/m0/s1. The van der Waals surface area contributed by atoms with Crippen LogP contribution in [0.25, 0.3) is 44.6 Å². The molecular formula is C37H26N4O10. The minimum Gasteiger partial charge on any atom is -0.491 e. The summed E-state index contributed by atoms with van der Waals surface area (Å²) in [5.74, 6) is -0.544. The fourth-order valence-electron chi connectivity index (χ4n) is 6.60. The number of hydrogen-bond acceptors (Lipinski definition) is 10. The van der Waals surface area contributed by atoms with Gasteiger partial charge in [-0.2, -0.15) is 0 Å². The SMILES string of the molecule is COC(=O)c1cc([N+](=O)[O-])cc2c1-c1c(cc([N+](=O)[O-])cc1[N+](=O)[O-])/C2=C/c1ccc(OC[C@@H](O)Cn2c3ccccc3c3ccccc32)cc1. The number of rotatable bonds is 10. The third-order valence-electron chi connectivity index (χ3n) is 8.79. The van der Waals surface area contributed by atoms with E-state index in [1.807, 2.05) is 48.5 Å². The molecule has 254 valence electrons. The molecule has 51 heavy (non-hydrogen) atoms. The number of nitrogens with zero attached hydrogens (tertiary/aromatic N) is 4. The van der Waals surface area contributed by atoms with Gasteiger partial charge in [0.1, 0.15) is 18.5 Å². The molecule has 1 aliphatic rings. The first-order valence-electron chi connectivity index (χ1n) is 15.5. The van der Waals surface area contributed by atoms with Crippen LogP contribution in [-0.2, 0) is 11.3 Å². The van der Waals surface area contributed by atoms with E-state index in [0.29, 0.717) is 11.3 Å². The molecule has 1 aromatic heterocycles. The van der Waals surface area contributed by atoms with Gasteiger partial charge in [0.05, 0.1) is 45.6 Å². The van der Waals surface area contributed by atoms with Crippen molar-refractivity contribution in [3.05, 3.63) is 150 Å². The van der Waals surface area contributed by atoms with Crippen LogP contribution in [0.2, 0.25) is 0 Å². The summed E-state index contributed by atoms with van der Waals surface area (Å²) in [5.41, 5.74) is 0.726. The molecule has 0 fully saturated rings. The third-order valence-corrected chi connectivity index (χ3v) is 8.79. The molecule has 1 N–H and O–H groups in total. The largest absolute Gasteiger partial charge is 0.491 e. The van der Waals surface area contributed by atoms with E-state index in [-0.39, 0.29) is 46.5 Å². The molecule has 0 saturated carbocycles. The molecule has 14 nitrogen and oxygen atoms in total. The van der Waals surface area contributed by atoms with Crippen LogP contribution in [-0.4, -0.2) is 50.2 Å². The van der Waals surface area contributed by atoms with Crippen molar-refractivity contribution in [1.29, 1.82) is 0 Å². The van der Waals surface area contributed by atoms with E-state index < -0.39 is 43.9 Å². The van der Waals surface area contributed by atoms with Crippen LogP contribution in [0.4, 0.5) is 17.1 Å². The molecule has 0 spiro atoms. The van der Waals surface area contributed by atoms with Gasteiger partial charge < -0.3 is 19.1 Å². The average Bonchev–Trinajstić information content (AvgIpc) is 3.62. The van der Waals surface area contributed by atoms with Crippen molar-refractivity contribution in [3.63, 3.8) is 0 Å². The van der Waals surface area contributed by atoms with Crippen LogP contribution >= 0.6 is 0 Å². The number of carbonyl (C=O) groups excluding carboxylic acids is 1. The number of methoxy groups -OCH3 is 1. The van der Waals surface area contributed by atoms with Crippen molar-refractivity contribution in [2.45, 2.75) is 12.6 Å². The Morgan fingerprint density at radius 3 is 1.92 bits per heavy atom. The number of benzene rings is 5. The quantitative estimate of drug-likeness (QED) is 0.0867. The first-order chi connectivity index (χ1) is 24.5. The van der Waals surface area contributed by atoms with Gasteiger partial charge in [-0.05, 0) is 47.0 Å². The van der Waals surface area contributed by atoms with Gasteiger partial charge in [-0.15, -0.1) is 0 Å². The van der Waals surface area contributed by atoms with Crippen LogP contribution in [0.15, 0.2) is 97.1 Å². The number of aromatic nitrogens is 1. The second kappa shape index (κ2) is 12.8. The number of ether oxygens (including phenoxy) is 2. The molecule has 5 aromatic carbocycles. The average molecular weight is 687 g/mol. The molecule has 0 unspecified atom stereocenters. The topological polar surface area (TPSA) is 190 Å². The van der Waals surface area contributed by atoms with Gasteiger partial charge >= 0.3 is 5.97 Å². The maximum Gasteiger partial charge on any atom is 0.338 e. The summed E-state index contributed by atoms with van der Waals surface area (Å²) in [6.45, 7) is 0.268. The molecule has 0 amide bonds. The normalized spacial score (nSPS) is 13.2. The minimum atomic E-state index is -0.975. The van der Waals surface area contributed by atoms with Crippen molar-refractivity contribution in [3.8, 4) is 16.9 Å². The number of aliphatic hydroxyl groups excluding tert-OH is 1. The first kappa shape index (κ1) is 32.6. The summed E-state index contributed by atoms with van der Waals surface area (Å²) in [5, 5.41) is 49.0. The number of hydrogen-bond donors (Lipinski definition) is 1. The molecular weight excluding hydrogens is 660 g/mol. The highest BCUT2D eigenvalue weighted by Crippen LogP contribution is 2.53. The predicted octanol–water partition coefficient (Wildman–Crippen LogP) is 7.31. The van der Waals surface area contributed by atoms with Crippen molar-refractivity contribution >= 4 is 56.5 Å². The highest BCUT2D eigenvalue weighted by atomic mass is 16.6. The molecule has 0 bridgehead atoms. The lowest BCUT2D eigenvalue weighted by Gasteiger charge is -2.15. The summed E-state index contributed by atoms with van der Waals surface area (Å²) >= 11 is 0. The number of aliphatic hydroxyl groups is 1. The van der Waals surface area contributed by atoms with Crippen LogP contribution in [0, 0.1) is 30.3 Å². The number of carbonyl (C=O) groups is 1. The van der Waals surface area contributed by atoms with Gasteiger partial charge in [0.15, 0.2) is 0 Å². The van der Waals surface area contributed by atoms with Crippen LogP contribution in [0.1, 0.15) is 27.0 Å². The van der Waals surface area contributed by atoms with Crippen LogP contribution < -0.4 is 4.74 Å². The number of fused-ring (bicyclic) bond motifs is 6. The monoisotopic (exact) mass is 686 g/mol. The summed E-state index contributed by atoms with van der Waals surface area (Å²) in [6.07, 6.45) is 0.702. The highest BCUT2D eigenvalue weighted by molar-refractivity contribution is 6.15. The zero-order valence-corrected chi connectivity index (χ0v) is 26.7. The van der Waals surface area contributed by atoms with E-state index in [9.17, 15) is 40.2 Å². The van der Waals surface area contributed by atoms with Gasteiger partial charge in [0.2, 0.25) is 0 Å². The fourth-order valence-corrected chi connectivity index (χ4v) is 6.60. The molecule has 1 aliphatic carbocycles. The van der Waals surface area contributed by atoms with E-state index >= 15 is 0 Å². The summed E-state index contributed by atoms with van der Waals surface area (Å²) in [4.78, 5) is 46.4. The zero-order chi connectivity index (χ0) is 36.0. The lowest BCUT2D eigenvalue weighted by Crippen LogP contribution is -2.23. The van der Waals surface area contributed by atoms with Crippen molar-refractivity contribution in [2.24, 2.45) is 0 Å². The molecule has 1 heterocycles. The number of para-hydroxylation sites is 2. The molecule has 0 saturated heterocycles.